The van der Waals surface area contributed by atoms with Crippen molar-refractivity contribution in [1.82, 2.24) is 0 Å². The van der Waals surface area contributed by atoms with Gasteiger partial charge in [0.25, 0.3) is 0 Å². The van der Waals surface area contributed by atoms with Gasteiger partial charge in [0.15, 0.2) is 0 Å². The van der Waals surface area contributed by atoms with Gasteiger partial charge in [0.05, 0.1) is 48.7 Å². The fraction of sp³-hybridized carbons (Fsp3) is 0.235. The minimum Gasteiger partial charge on any atom is -0.493 e. The van der Waals surface area contributed by atoms with Crippen LogP contribution in [-0.2, 0) is 25.7 Å². The molecule has 1 aliphatic carbocycles. The lowest BCUT2D eigenvalue weighted by Crippen LogP contribution is -2.11. The van der Waals surface area contributed by atoms with Gasteiger partial charge in [0.2, 0.25) is 0 Å². The Bertz CT molecular complexity index is 3010. The van der Waals surface area contributed by atoms with Gasteiger partial charge in [-0.15, -0.1) is 0 Å². The lowest BCUT2D eigenvalue weighted by molar-refractivity contribution is 0.0686. The van der Waals surface area contributed by atoms with E-state index in [0.717, 1.165) is 115 Å². The fourth-order valence-corrected chi connectivity index (χ4v) is 10.3. The summed E-state index contributed by atoms with van der Waals surface area (Å²) in [6, 6.07) is 44.2. The van der Waals surface area contributed by atoms with Crippen molar-refractivity contribution in [2.24, 2.45) is 0 Å². The Morgan fingerprint density at radius 1 is 0.287 bits per heavy atom. The monoisotopic (exact) mass is 1070 g/mol. The number of carbonyl (C=O) groups is 4. The van der Waals surface area contributed by atoms with E-state index in [-0.39, 0.29) is 22.3 Å². The summed E-state index contributed by atoms with van der Waals surface area (Å²) in [6.45, 7) is 9.87. The number of benzene rings is 8. The number of fused-ring (bicyclic) bond motifs is 8. The summed E-state index contributed by atoms with van der Waals surface area (Å²) in [6.07, 6.45) is 4.16. The zero-order chi connectivity index (χ0) is 56.5. The summed E-state index contributed by atoms with van der Waals surface area (Å²) in [5.41, 5.74) is 14.0. The first-order valence-electron chi connectivity index (χ1n) is 27.2. The van der Waals surface area contributed by atoms with Crippen molar-refractivity contribution in [2.75, 3.05) is 26.4 Å². The first kappa shape index (κ1) is 55.6. The minimum atomic E-state index is -1.03. The molecule has 0 heterocycles. The van der Waals surface area contributed by atoms with Gasteiger partial charge in [0.1, 0.15) is 23.0 Å². The average molecular weight is 1070 g/mol. The average Bonchev–Trinajstić information content (AvgIpc) is 3.46. The Labute approximate surface area is 465 Å². The first-order chi connectivity index (χ1) is 38.7. The maximum Gasteiger partial charge on any atom is 0.335 e. The van der Waals surface area contributed by atoms with Crippen LogP contribution in [0.1, 0.15) is 139 Å². The molecular formula is C68H64O12. The third kappa shape index (κ3) is 12.6. The van der Waals surface area contributed by atoms with Gasteiger partial charge in [-0.25, -0.2) is 19.2 Å². The van der Waals surface area contributed by atoms with E-state index in [1.165, 1.54) is 0 Å². The Kier molecular flexibility index (Phi) is 17.4. The van der Waals surface area contributed by atoms with Crippen LogP contribution in [0, 0.1) is 0 Å². The molecule has 0 aromatic heterocycles. The predicted molar refractivity (Wildman–Crippen MR) is 310 cm³/mol. The van der Waals surface area contributed by atoms with Gasteiger partial charge in [-0.05, 0) is 212 Å². The van der Waals surface area contributed by atoms with E-state index < -0.39 is 23.9 Å². The molecule has 9 rings (SSSR count). The fourth-order valence-electron chi connectivity index (χ4n) is 10.3. The Morgan fingerprint density at radius 2 is 0.450 bits per heavy atom. The van der Waals surface area contributed by atoms with E-state index in [9.17, 15) is 39.6 Å². The summed E-state index contributed by atoms with van der Waals surface area (Å²) in [4.78, 5) is 48.5. The topological polar surface area (TPSA) is 186 Å². The Hall–Kier alpha value is -9.16. The molecule has 4 N–H and O–H groups in total. The molecule has 0 saturated carbocycles. The number of carboxylic acids is 4. The van der Waals surface area contributed by atoms with Crippen LogP contribution < -0.4 is 18.9 Å². The summed E-state index contributed by atoms with van der Waals surface area (Å²) in [7, 11) is 0. The van der Waals surface area contributed by atoms with Crippen molar-refractivity contribution >= 4 is 23.9 Å². The van der Waals surface area contributed by atoms with Crippen LogP contribution in [-0.4, -0.2) is 70.7 Å². The standard InChI is InChI=1S/C68H64O12/c1-5-25-77-61-53-29-49(41-9-17-45(18-10-41)65(69)70)30-54(61)38-56-32-51(43-13-21-47(22-14-43)67(73)74)34-58(63(56)79-27-7-3)40-60-36-52(44-15-23-48(24-16-44)68(75)76)35-59(64(60)80-28-8-4)39-57-33-50(31-55(37-53)62(57)78-26-6-2)42-11-19-46(20-12-42)66(71)72/h9-24,29-36H,5-8,25-28,37-40H2,1-4H3,(H,69,70)(H,71,72)(H,73,74)(H,75,76). The molecule has 0 spiro atoms. The highest BCUT2D eigenvalue weighted by Crippen LogP contribution is 2.45. The van der Waals surface area contributed by atoms with Crippen molar-refractivity contribution in [3.05, 3.63) is 212 Å². The Morgan fingerprint density at radius 3 is 0.588 bits per heavy atom. The third-order valence-corrected chi connectivity index (χ3v) is 14.2. The molecule has 8 bridgehead atoms. The van der Waals surface area contributed by atoms with Gasteiger partial charge in [-0.2, -0.15) is 0 Å². The van der Waals surface area contributed by atoms with Crippen LogP contribution in [0.2, 0.25) is 0 Å². The highest BCUT2D eigenvalue weighted by atomic mass is 16.5. The van der Waals surface area contributed by atoms with E-state index >= 15 is 0 Å². The molecule has 0 saturated heterocycles. The second kappa shape index (κ2) is 25.1. The molecule has 0 aliphatic heterocycles. The lowest BCUT2D eigenvalue weighted by atomic mass is 9.86. The number of aromatic carboxylic acids is 4. The molecule has 12 nitrogen and oxygen atoms in total. The summed E-state index contributed by atoms with van der Waals surface area (Å²) < 4.78 is 27.7. The number of hydrogen-bond donors (Lipinski definition) is 4. The second-order valence-corrected chi connectivity index (χ2v) is 20.1. The van der Waals surface area contributed by atoms with Gasteiger partial charge < -0.3 is 39.4 Å². The number of carboxylic acid groups (broad SMARTS) is 4. The maximum absolute atomic E-state index is 12.1. The SMILES string of the molecule is CCCOc1c2cc(-c3ccc(C(=O)O)cc3)cc1Cc1cc(-c3ccc(C(=O)O)cc3)cc(c1OCCC)Cc1cc(-c3ccc(C(=O)O)cc3)cc(c1OCCC)Cc1cc(-c3ccc(C(=O)O)cc3)cc(c1OCCC)C2. The molecular weight excluding hydrogens is 1010 g/mol. The van der Waals surface area contributed by atoms with E-state index in [1.807, 2.05) is 48.5 Å². The van der Waals surface area contributed by atoms with Crippen molar-refractivity contribution in [2.45, 2.75) is 79.1 Å². The van der Waals surface area contributed by atoms with Gasteiger partial charge in [0, 0.05) is 25.7 Å². The number of rotatable bonds is 20. The van der Waals surface area contributed by atoms with Crippen molar-refractivity contribution in [1.29, 1.82) is 0 Å². The molecule has 0 unspecified atom stereocenters. The normalized spacial score (nSPS) is 11.8. The van der Waals surface area contributed by atoms with Crippen LogP contribution in [0.3, 0.4) is 0 Å². The summed E-state index contributed by atoms with van der Waals surface area (Å²) in [5.74, 6) is -1.40. The van der Waals surface area contributed by atoms with Gasteiger partial charge >= 0.3 is 23.9 Å². The lowest BCUT2D eigenvalue weighted by Gasteiger charge is -2.25. The second-order valence-electron chi connectivity index (χ2n) is 20.1. The molecule has 80 heavy (non-hydrogen) atoms. The first-order valence-corrected chi connectivity index (χ1v) is 27.2. The molecule has 0 fully saturated rings. The van der Waals surface area contributed by atoms with Gasteiger partial charge in [-0.3, -0.25) is 0 Å². The zero-order valence-corrected chi connectivity index (χ0v) is 45.4. The number of hydrogen-bond acceptors (Lipinski definition) is 8. The molecule has 12 heteroatoms. The molecule has 0 amide bonds. The highest BCUT2D eigenvalue weighted by Gasteiger charge is 2.26. The highest BCUT2D eigenvalue weighted by molar-refractivity contribution is 5.90. The molecule has 0 radical (unpaired) electrons. The van der Waals surface area contributed by atoms with Crippen molar-refractivity contribution in [3.8, 4) is 67.5 Å². The largest absolute Gasteiger partial charge is 0.493 e. The summed E-state index contributed by atoms with van der Waals surface area (Å²) >= 11 is 0. The van der Waals surface area contributed by atoms with Gasteiger partial charge in [-0.1, -0.05) is 76.2 Å². The number of ether oxygens (including phenoxy) is 4. The molecule has 0 atom stereocenters. The zero-order valence-electron chi connectivity index (χ0n) is 45.4. The van der Waals surface area contributed by atoms with E-state index in [4.69, 9.17) is 18.9 Å². The van der Waals surface area contributed by atoms with Crippen LogP contribution in [0.25, 0.3) is 44.5 Å². The van der Waals surface area contributed by atoms with Crippen LogP contribution in [0.4, 0.5) is 0 Å². The van der Waals surface area contributed by atoms with Crippen molar-refractivity contribution in [3.63, 3.8) is 0 Å². The summed E-state index contributed by atoms with van der Waals surface area (Å²) in [5, 5.41) is 39.7. The van der Waals surface area contributed by atoms with E-state index in [0.29, 0.717) is 75.1 Å². The van der Waals surface area contributed by atoms with Crippen LogP contribution >= 0.6 is 0 Å². The molecule has 8 aromatic rings. The third-order valence-electron chi connectivity index (χ3n) is 14.2. The van der Waals surface area contributed by atoms with Crippen LogP contribution in [0.15, 0.2) is 146 Å². The predicted octanol–water partition coefficient (Wildman–Crippen LogP) is 15.0. The van der Waals surface area contributed by atoms with Crippen molar-refractivity contribution < 1.29 is 58.6 Å². The quantitative estimate of drug-likeness (QED) is 0.0567. The molecule has 1 aliphatic rings. The molecule has 8 aromatic carbocycles. The van der Waals surface area contributed by atoms with Crippen LogP contribution in [0.5, 0.6) is 23.0 Å². The molecule has 408 valence electrons. The minimum absolute atomic E-state index is 0.159. The Balaban J connectivity index is 1.41. The maximum atomic E-state index is 12.1. The van der Waals surface area contributed by atoms with E-state index in [1.54, 1.807) is 48.5 Å². The van der Waals surface area contributed by atoms with E-state index in [2.05, 4.69) is 76.2 Å². The smallest absolute Gasteiger partial charge is 0.335 e.